The standard InChI is InChI=1S/C50H48N2/c1-5-7-9-10-11-12-14-38-19-25-42(26-20-38)52-48-32-36(4)16-28-44(48)46-30-22-40(34-50(46)52)39-21-29-45-43-27-15-35(3)31-47(43)51(49(45)33-39)41-23-17-37(18-24-41)13-8-6-2/h5,7,9,15-34H,1,6,8,10-14H2,2-4H3/b9-7+. The molecule has 2 aromatic heterocycles. The van der Waals surface area contributed by atoms with Gasteiger partial charge in [-0.3, -0.25) is 0 Å². The first-order valence-electron chi connectivity index (χ1n) is 19.1. The van der Waals surface area contributed by atoms with Crippen LogP contribution in [0.2, 0.25) is 0 Å². The van der Waals surface area contributed by atoms with E-state index in [0.717, 1.165) is 19.3 Å². The van der Waals surface area contributed by atoms with Crippen molar-refractivity contribution in [2.45, 2.75) is 65.7 Å². The summed E-state index contributed by atoms with van der Waals surface area (Å²) in [6, 6.07) is 46.3. The fraction of sp³-hybridized carbons (Fsp3) is 0.200. The summed E-state index contributed by atoms with van der Waals surface area (Å²) in [4.78, 5) is 0. The van der Waals surface area contributed by atoms with Crippen LogP contribution < -0.4 is 0 Å². The van der Waals surface area contributed by atoms with Gasteiger partial charge in [0, 0.05) is 32.9 Å². The first-order valence-corrected chi connectivity index (χ1v) is 19.1. The summed E-state index contributed by atoms with van der Waals surface area (Å²) < 4.78 is 4.92. The van der Waals surface area contributed by atoms with Crippen LogP contribution in [0, 0.1) is 13.8 Å². The van der Waals surface area contributed by atoms with Crippen LogP contribution in [0.4, 0.5) is 0 Å². The van der Waals surface area contributed by atoms with Crippen LogP contribution in [-0.2, 0) is 12.8 Å². The Bertz CT molecular complexity index is 2570. The number of aryl methyl sites for hydroxylation is 4. The highest BCUT2D eigenvalue weighted by Crippen LogP contribution is 2.38. The lowest BCUT2D eigenvalue weighted by Crippen LogP contribution is -1.96. The summed E-state index contributed by atoms with van der Waals surface area (Å²) in [6.07, 6.45) is 14.3. The average molecular weight is 677 g/mol. The molecule has 0 saturated heterocycles. The fourth-order valence-corrected chi connectivity index (χ4v) is 7.96. The van der Waals surface area contributed by atoms with Crippen molar-refractivity contribution in [2.24, 2.45) is 0 Å². The molecule has 2 heteroatoms. The van der Waals surface area contributed by atoms with E-state index in [-0.39, 0.29) is 0 Å². The number of unbranched alkanes of at least 4 members (excludes halogenated alkanes) is 3. The SMILES string of the molecule is C=C/C=C/CCCCc1ccc(-n2c3cc(C)ccc3c3ccc(-c4ccc5c6ccc(C)cc6n(-c6ccc(CCCC)cc6)c5c4)cc32)cc1. The molecule has 8 aromatic rings. The van der Waals surface area contributed by atoms with Gasteiger partial charge in [0.25, 0.3) is 0 Å². The molecule has 0 amide bonds. The zero-order valence-corrected chi connectivity index (χ0v) is 30.8. The van der Waals surface area contributed by atoms with Crippen LogP contribution in [0.25, 0.3) is 66.1 Å². The largest absolute Gasteiger partial charge is 0.309 e. The molecule has 0 aliphatic carbocycles. The van der Waals surface area contributed by atoms with Crippen molar-refractivity contribution in [2.75, 3.05) is 0 Å². The summed E-state index contributed by atoms with van der Waals surface area (Å²) in [5.74, 6) is 0. The van der Waals surface area contributed by atoms with Gasteiger partial charge in [0.05, 0.1) is 22.1 Å². The van der Waals surface area contributed by atoms with Gasteiger partial charge in [0.2, 0.25) is 0 Å². The molecule has 52 heavy (non-hydrogen) atoms. The third kappa shape index (κ3) is 6.39. The number of benzene rings is 6. The molecule has 0 saturated carbocycles. The van der Waals surface area contributed by atoms with Gasteiger partial charge >= 0.3 is 0 Å². The minimum absolute atomic E-state index is 1.10. The van der Waals surface area contributed by atoms with Gasteiger partial charge in [-0.25, -0.2) is 0 Å². The molecular formula is C50H48N2. The smallest absolute Gasteiger partial charge is 0.0547 e. The fourth-order valence-electron chi connectivity index (χ4n) is 7.96. The third-order valence-corrected chi connectivity index (χ3v) is 10.7. The molecule has 0 unspecified atom stereocenters. The van der Waals surface area contributed by atoms with Crippen molar-refractivity contribution in [1.82, 2.24) is 9.13 Å². The van der Waals surface area contributed by atoms with Gasteiger partial charge < -0.3 is 9.13 Å². The lowest BCUT2D eigenvalue weighted by atomic mass is 10.0. The van der Waals surface area contributed by atoms with Crippen LogP contribution in [0.15, 0.2) is 146 Å². The molecule has 6 aromatic carbocycles. The zero-order valence-electron chi connectivity index (χ0n) is 30.8. The Morgan fingerprint density at radius 3 is 1.40 bits per heavy atom. The summed E-state index contributed by atoms with van der Waals surface area (Å²) in [6.45, 7) is 10.4. The maximum atomic E-state index is 3.77. The Hall–Kier alpha value is -5.60. The normalized spacial score (nSPS) is 11.9. The Balaban J connectivity index is 1.22. The van der Waals surface area contributed by atoms with E-state index in [1.807, 2.05) is 12.2 Å². The monoisotopic (exact) mass is 676 g/mol. The highest BCUT2D eigenvalue weighted by atomic mass is 15.0. The van der Waals surface area contributed by atoms with Crippen molar-refractivity contribution in [3.63, 3.8) is 0 Å². The zero-order chi connectivity index (χ0) is 35.6. The Morgan fingerprint density at radius 2 is 0.942 bits per heavy atom. The van der Waals surface area contributed by atoms with Crippen LogP contribution in [0.1, 0.15) is 61.3 Å². The van der Waals surface area contributed by atoms with E-state index >= 15 is 0 Å². The van der Waals surface area contributed by atoms with Crippen LogP contribution >= 0.6 is 0 Å². The van der Waals surface area contributed by atoms with Crippen molar-refractivity contribution in [3.8, 4) is 22.5 Å². The second-order valence-corrected chi connectivity index (χ2v) is 14.5. The lowest BCUT2D eigenvalue weighted by Gasteiger charge is -2.12. The van der Waals surface area contributed by atoms with Gasteiger partial charge in [-0.1, -0.05) is 111 Å². The molecule has 0 spiro atoms. The van der Waals surface area contributed by atoms with Gasteiger partial charge in [0.15, 0.2) is 0 Å². The molecule has 0 N–H and O–H groups in total. The van der Waals surface area contributed by atoms with Gasteiger partial charge in [-0.2, -0.15) is 0 Å². The predicted molar refractivity (Wildman–Crippen MR) is 226 cm³/mol. The Labute approximate surface area is 308 Å². The van der Waals surface area contributed by atoms with Gasteiger partial charge in [-0.15, -0.1) is 0 Å². The third-order valence-electron chi connectivity index (χ3n) is 10.7. The van der Waals surface area contributed by atoms with E-state index in [1.165, 1.54) is 114 Å². The molecule has 0 atom stereocenters. The van der Waals surface area contributed by atoms with Crippen molar-refractivity contribution in [3.05, 3.63) is 168 Å². The van der Waals surface area contributed by atoms with Crippen LogP contribution in [0.5, 0.6) is 0 Å². The quantitative estimate of drug-likeness (QED) is 0.0900. The summed E-state index contributed by atoms with van der Waals surface area (Å²) in [5, 5.41) is 5.15. The van der Waals surface area contributed by atoms with Crippen LogP contribution in [-0.4, -0.2) is 9.13 Å². The number of nitrogens with zero attached hydrogens (tertiary/aromatic N) is 2. The second kappa shape index (κ2) is 14.6. The maximum Gasteiger partial charge on any atom is 0.0547 e. The minimum Gasteiger partial charge on any atom is -0.309 e. The molecular weight excluding hydrogens is 629 g/mol. The average Bonchev–Trinajstić information content (AvgIpc) is 3.66. The number of rotatable bonds is 12. The lowest BCUT2D eigenvalue weighted by molar-refractivity contribution is 0.747. The molecule has 0 radical (unpaired) electrons. The molecule has 0 bridgehead atoms. The predicted octanol–water partition coefficient (Wildman–Crippen LogP) is 14.0. The number of hydrogen-bond donors (Lipinski definition) is 0. The highest BCUT2D eigenvalue weighted by Gasteiger charge is 2.17. The van der Waals surface area contributed by atoms with Gasteiger partial charge in [-0.05, 0) is 134 Å². The molecule has 0 aliphatic heterocycles. The maximum absolute atomic E-state index is 3.77. The van der Waals surface area contributed by atoms with Crippen molar-refractivity contribution in [1.29, 1.82) is 0 Å². The van der Waals surface area contributed by atoms with E-state index in [2.05, 4.69) is 164 Å². The summed E-state index contributed by atoms with van der Waals surface area (Å²) >= 11 is 0. The van der Waals surface area contributed by atoms with Crippen LogP contribution in [0.3, 0.4) is 0 Å². The molecule has 0 fully saturated rings. The molecule has 2 nitrogen and oxygen atoms in total. The van der Waals surface area contributed by atoms with Crippen molar-refractivity contribution < 1.29 is 0 Å². The number of allylic oxidation sites excluding steroid dienone is 3. The number of fused-ring (bicyclic) bond motifs is 6. The number of hydrogen-bond acceptors (Lipinski definition) is 0. The van der Waals surface area contributed by atoms with E-state index in [4.69, 9.17) is 0 Å². The number of aromatic nitrogens is 2. The first kappa shape index (κ1) is 33.5. The van der Waals surface area contributed by atoms with Gasteiger partial charge in [0.1, 0.15) is 0 Å². The van der Waals surface area contributed by atoms with E-state index in [0.29, 0.717) is 0 Å². The van der Waals surface area contributed by atoms with E-state index < -0.39 is 0 Å². The van der Waals surface area contributed by atoms with E-state index in [1.54, 1.807) is 0 Å². The molecule has 258 valence electrons. The molecule has 8 rings (SSSR count). The first-order chi connectivity index (χ1) is 25.5. The second-order valence-electron chi connectivity index (χ2n) is 14.5. The summed E-state index contributed by atoms with van der Waals surface area (Å²) in [7, 11) is 0. The van der Waals surface area contributed by atoms with Crippen molar-refractivity contribution >= 4 is 43.6 Å². The molecule has 0 aliphatic rings. The Kier molecular flexibility index (Phi) is 9.39. The summed E-state index contributed by atoms with van der Waals surface area (Å²) in [5.41, 5.74) is 15.2. The van der Waals surface area contributed by atoms with E-state index in [9.17, 15) is 0 Å². The Morgan fingerprint density at radius 1 is 0.500 bits per heavy atom. The molecule has 2 heterocycles. The topological polar surface area (TPSA) is 9.86 Å². The highest BCUT2D eigenvalue weighted by molar-refractivity contribution is 6.12. The minimum atomic E-state index is 1.10.